The number of likely N-dealkylation sites (tertiary alicyclic amines) is 1. The van der Waals surface area contributed by atoms with Gasteiger partial charge in [-0.3, -0.25) is 0 Å². The second-order valence-electron chi connectivity index (χ2n) is 8.27. The minimum Gasteiger partial charge on any atom is -0.497 e. The van der Waals surface area contributed by atoms with Crippen molar-refractivity contribution in [3.8, 4) is 11.5 Å². The summed E-state index contributed by atoms with van der Waals surface area (Å²) >= 11 is 0. The van der Waals surface area contributed by atoms with Crippen LogP contribution in [0.15, 0.2) is 18.2 Å². The summed E-state index contributed by atoms with van der Waals surface area (Å²) in [6.07, 6.45) is 8.00. The van der Waals surface area contributed by atoms with Crippen LogP contribution in [-0.2, 0) is 11.3 Å². The first-order valence-electron chi connectivity index (χ1n) is 11.3. The fraction of sp³-hybridized carbons (Fsp3) is 0.739. The Morgan fingerprint density at radius 3 is 2.59 bits per heavy atom. The van der Waals surface area contributed by atoms with E-state index in [2.05, 4.69) is 10.2 Å². The molecule has 0 aliphatic carbocycles. The molecule has 6 heteroatoms. The van der Waals surface area contributed by atoms with E-state index < -0.39 is 6.10 Å². The number of β-amino-alcohol motifs (C(OH)–C–C–N with tert-alkyl or cyclic N) is 1. The largest absolute Gasteiger partial charge is 0.497 e. The number of aliphatic hydroxyl groups excluding tert-OH is 1. The van der Waals surface area contributed by atoms with Crippen LogP contribution in [0, 0.1) is 0 Å². The summed E-state index contributed by atoms with van der Waals surface area (Å²) in [4.78, 5) is 2.38. The summed E-state index contributed by atoms with van der Waals surface area (Å²) in [5.41, 5.74) is 1.09. The third-order valence-electron chi connectivity index (χ3n) is 5.93. The van der Waals surface area contributed by atoms with Gasteiger partial charge in [0.2, 0.25) is 0 Å². The van der Waals surface area contributed by atoms with E-state index in [4.69, 9.17) is 14.2 Å². The van der Waals surface area contributed by atoms with Gasteiger partial charge in [-0.15, -0.1) is 0 Å². The number of rotatable bonds is 9. The molecular formula is C23H38N2O4. The van der Waals surface area contributed by atoms with Crippen LogP contribution < -0.4 is 14.8 Å². The van der Waals surface area contributed by atoms with Crippen LogP contribution >= 0.6 is 0 Å². The highest BCUT2D eigenvalue weighted by Gasteiger charge is 2.17. The number of hydrogen-bond donors (Lipinski definition) is 2. The lowest BCUT2D eigenvalue weighted by atomic mass is 10.1. The van der Waals surface area contributed by atoms with Crippen molar-refractivity contribution >= 4 is 0 Å². The molecule has 1 aromatic carbocycles. The van der Waals surface area contributed by atoms with E-state index in [1.165, 1.54) is 32.1 Å². The molecule has 0 aromatic heterocycles. The Morgan fingerprint density at radius 1 is 1.14 bits per heavy atom. The number of nitrogens with one attached hydrogen (secondary N) is 1. The minimum absolute atomic E-state index is 0.300. The molecular weight excluding hydrogens is 368 g/mol. The fourth-order valence-electron chi connectivity index (χ4n) is 4.13. The molecule has 1 aromatic rings. The van der Waals surface area contributed by atoms with E-state index in [0.717, 1.165) is 62.8 Å². The van der Waals surface area contributed by atoms with Crippen LogP contribution in [-0.4, -0.2) is 68.7 Å². The summed E-state index contributed by atoms with van der Waals surface area (Å²) in [6, 6.07) is 6.41. The van der Waals surface area contributed by atoms with Gasteiger partial charge < -0.3 is 29.5 Å². The molecule has 3 rings (SSSR count). The number of methoxy groups -OCH3 is 1. The number of nitrogens with zero attached hydrogens (tertiary/aromatic N) is 1. The quantitative estimate of drug-likeness (QED) is 0.657. The van der Waals surface area contributed by atoms with E-state index >= 15 is 0 Å². The zero-order valence-corrected chi connectivity index (χ0v) is 17.9. The molecule has 0 radical (unpaired) electrons. The highest BCUT2D eigenvalue weighted by molar-refractivity contribution is 5.40. The Balaban J connectivity index is 1.51. The van der Waals surface area contributed by atoms with E-state index in [1.807, 2.05) is 18.2 Å². The summed E-state index contributed by atoms with van der Waals surface area (Å²) in [5, 5.41) is 14.2. The Hall–Kier alpha value is -1.34. The summed E-state index contributed by atoms with van der Waals surface area (Å²) in [7, 11) is 1.66. The SMILES string of the molecule is COc1ccc(CNC2CCOCC2)c(OCC(O)CN2CCCCCCC2)c1. The number of ether oxygens (including phenoxy) is 3. The van der Waals surface area contributed by atoms with E-state index in [-0.39, 0.29) is 0 Å². The van der Waals surface area contributed by atoms with Crippen LogP contribution in [0.1, 0.15) is 50.5 Å². The third-order valence-corrected chi connectivity index (χ3v) is 5.93. The average Bonchev–Trinajstić information content (AvgIpc) is 2.73. The van der Waals surface area contributed by atoms with E-state index in [0.29, 0.717) is 19.2 Å². The maximum absolute atomic E-state index is 10.5. The highest BCUT2D eigenvalue weighted by Crippen LogP contribution is 2.25. The van der Waals surface area contributed by atoms with Gasteiger partial charge in [-0.05, 0) is 44.8 Å². The molecule has 2 aliphatic heterocycles. The lowest BCUT2D eigenvalue weighted by Gasteiger charge is -2.27. The molecule has 29 heavy (non-hydrogen) atoms. The smallest absolute Gasteiger partial charge is 0.127 e. The molecule has 2 fully saturated rings. The Bertz CT molecular complexity index is 584. The lowest BCUT2D eigenvalue weighted by molar-refractivity contribution is 0.0646. The van der Waals surface area contributed by atoms with Gasteiger partial charge in [-0.1, -0.05) is 25.3 Å². The van der Waals surface area contributed by atoms with Gasteiger partial charge in [-0.25, -0.2) is 0 Å². The van der Waals surface area contributed by atoms with Crippen molar-refractivity contribution < 1.29 is 19.3 Å². The molecule has 2 aliphatic rings. The summed E-state index contributed by atoms with van der Waals surface area (Å²) in [5.74, 6) is 1.56. The lowest BCUT2D eigenvalue weighted by Crippen LogP contribution is -2.37. The highest BCUT2D eigenvalue weighted by atomic mass is 16.5. The normalized spacial score (nSPS) is 20.6. The Morgan fingerprint density at radius 2 is 1.86 bits per heavy atom. The topological polar surface area (TPSA) is 63.2 Å². The average molecular weight is 407 g/mol. The molecule has 2 saturated heterocycles. The molecule has 164 valence electrons. The minimum atomic E-state index is -0.489. The zero-order valence-electron chi connectivity index (χ0n) is 17.9. The van der Waals surface area contributed by atoms with Crippen molar-refractivity contribution in [2.24, 2.45) is 0 Å². The molecule has 0 spiro atoms. The summed E-state index contributed by atoms with van der Waals surface area (Å²) in [6.45, 7) is 5.53. The maximum atomic E-state index is 10.5. The summed E-state index contributed by atoms with van der Waals surface area (Å²) < 4.78 is 16.9. The van der Waals surface area contributed by atoms with Gasteiger partial charge in [0.1, 0.15) is 24.2 Å². The molecule has 0 amide bonds. The molecule has 1 atom stereocenters. The second kappa shape index (κ2) is 12.4. The third kappa shape index (κ3) is 7.78. The zero-order chi connectivity index (χ0) is 20.3. The molecule has 6 nitrogen and oxygen atoms in total. The monoisotopic (exact) mass is 406 g/mol. The van der Waals surface area contributed by atoms with Crippen molar-refractivity contribution in [3.05, 3.63) is 23.8 Å². The standard InChI is InChI=1S/C23H38N2O4/c1-27-22-8-7-19(16-24-20-9-13-28-14-10-20)23(15-22)29-18-21(26)17-25-11-5-3-2-4-6-12-25/h7-8,15,20-21,24,26H,2-6,9-14,16-18H2,1H3. The Labute approximate surface area is 175 Å². The molecule has 2 N–H and O–H groups in total. The van der Waals surface area contributed by atoms with Crippen molar-refractivity contribution in [2.75, 3.05) is 46.6 Å². The van der Waals surface area contributed by atoms with Crippen molar-refractivity contribution in [2.45, 2.75) is 63.6 Å². The Kier molecular flexibility index (Phi) is 9.54. The van der Waals surface area contributed by atoms with E-state index in [9.17, 15) is 5.11 Å². The van der Waals surface area contributed by atoms with Crippen LogP contribution in [0.4, 0.5) is 0 Å². The van der Waals surface area contributed by atoms with Crippen molar-refractivity contribution in [1.82, 2.24) is 10.2 Å². The van der Waals surface area contributed by atoms with Gasteiger partial charge in [0.15, 0.2) is 0 Å². The van der Waals surface area contributed by atoms with Crippen LogP contribution in [0.25, 0.3) is 0 Å². The number of benzene rings is 1. The molecule has 2 heterocycles. The predicted molar refractivity (Wildman–Crippen MR) is 115 cm³/mol. The van der Waals surface area contributed by atoms with Gasteiger partial charge >= 0.3 is 0 Å². The second-order valence-corrected chi connectivity index (χ2v) is 8.27. The van der Waals surface area contributed by atoms with Crippen LogP contribution in [0.3, 0.4) is 0 Å². The molecule has 0 saturated carbocycles. The van der Waals surface area contributed by atoms with Crippen LogP contribution in [0.5, 0.6) is 11.5 Å². The maximum Gasteiger partial charge on any atom is 0.127 e. The first kappa shape index (κ1) is 22.3. The van der Waals surface area contributed by atoms with Gasteiger partial charge in [-0.2, -0.15) is 0 Å². The first-order valence-corrected chi connectivity index (χ1v) is 11.3. The molecule has 0 bridgehead atoms. The van der Waals surface area contributed by atoms with Gasteiger partial charge in [0.05, 0.1) is 7.11 Å². The predicted octanol–water partition coefficient (Wildman–Crippen LogP) is 2.97. The molecule has 1 unspecified atom stereocenters. The van der Waals surface area contributed by atoms with Gasteiger partial charge in [0, 0.05) is 44.0 Å². The first-order chi connectivity index (χ1) is 14.2. The number of hydrogen-bond acceptors (Lipinski definition) is 6. The van der Waals surface area contributed by atoms with Gasteiger partial charge in [0.25, 0.3) is 0 Å². The van der Waals surface area contributed by atoms with Crippen molar-refractivity contribution in [1.29, 1.82) is 0 Å². The van der Waals surface area contributed by atoms with E-state index in [1.54, 1.807) is 7.11 Å². The van der Waals surface area contributed by atoms with Crippen molar-refractivity contribution in [3.63, 3.8) is 0 Å². The van der Waals surface area contributed by atoms with Crippen LogP contribution in [0.2, 0.25) is 0 Å². The fourth-order valence-corrected chi connectivity index (χ4v) is 4.13. The number of aliphatic hydroxyl groups is 1.